The Bertz CT molecular complexity index is 1070. The van der Waals surface area contributed by atoms with Crippen LogP contribution in [0.4, 0.5) is 0 Å². The second kappa shape index (κ2) is 24.6. The molecule has 0 saturated carbocycles. The first-order chi connectivity index (χ1) is 24.5. The average molecular weight is 727 g/mol. The zero-order valence-electron chi connectivity index (χ0n) is 29.6. The lowest BCUT2D eigenvalue weighted by atomic mass is 9.72. The van der Waals surface area contributed by atoms with Crippen LogP contribution >= 0.6 is 0 Å². The number of ketones is 2. The standard InChI is InChI=1S/C35H54N2O14/c38-21-3-17-35(18-4-22-39,19-5-23-48-25-15-27(40)7-1-9-33(46)50-36-29(42)11-12-30(36)43)20-6-24-49-26-16-28(41)8-2-10-34(47)51-37-31(44)13-14-32(37)45/h38-39H,1-26H2. The molecule has 2 fully saturated rings. The molecule has 2 aliphatic rings. The number of carbonyl (C=O) groups is 8. The molecule has 0 bridgehead atoms. The molecule has 2 rings (SSSR count). The van der Waals surface area contributed by atoms with Crippen LogP contribution < -0.4 is 0 Å². The normalized spacial score (nSPS) is 14.9. The third kappa shape index (κ3) is 17.5. The van der Waals surface area contributed by atoms with Gasteiger partial charge in [0.2, 0.25) is 0 Å². The highest BCUT2D eigenvalue weighted by Crippen LogP contribution is 2.39. The maximum Gasteiger partial charge on any atom is 0.333 e. The van der Waals surface area contributed by atoms with Crippen molar-refractivity contribution in [3.63, 3.8) is 0 Å². The van der Waals surface area contributed by atoms with Crippen molar-refractivity contribution in [2.24, 2.45) is 5.41 Å². The Kier molecular flexibility index (Phi) is 21.0. The Hall–Kier alpha value is -3.60. The Morgan fingerprint density at radius 1 is 0.490 bits per heavy atom. The van der Waals surface area contributed by atoms with Gasteiger partial charge in [-0.3, -0.25) is 28.8 Å². The lowest BCUT2D eigenvalue weighted by Gasteiger charge is -2.34. The van der Waals surface area contributed by atoms with E-state index in [0.29, 0.717) is 36.2 Å². The highest BCUT2D eigenvalue weighted by Gasteiger charge is 2.34. The molecule has 0 aliphatic carbocycles. The summed E-state index contributed by atoms with van der Waals surface area (Å²) in [5.74, 6) is -3.83. The highest BCUT2D eigenvalue weighted by molar-refractivity contribution is 6.02. The molecule has 16 nitrogen and oxygen atoms in total. The van der Waals surface area contributed by atoms with Crippen LogP contribution in [0.1, 0.15) is 128 Å². The molecular weight excluding hydrogens is 672 g/mol. The van der Waals surface area contributed by atoms with E-state index in [1.165, 1.54) is 0 Å². The first-order valence-corrected chi connectivity index (χ1v) is 18.0. The van der Waals surface area contributed by atoms with E-state index >= 15 is 0 Å². The van der Waals surface area contributed by atoms with Crippen LogP contribution in [0.25, 0.3) is 0 Å². The van der Waals surface area contributed by atoms with E-state index in [1.807, 2.05) is 0 Å². The summed E-state index contributed by atoms with van der Waals surface area (Å²) in [6.45, 7) is 1.44. The molecule has 0 aromatic heterocycles. The topological polar surface area (TPSA) is 220 Å². The fourth-order valence-electron chi connectivity index (χ4n) is 6.05. The van der Waals surface area contributed by atoms with Crippen molar-refractivity contribution in [1.82, 2.24) is 10.1 Å². The number of rotatable bonds is 30. The molecular formula is C35H54N2O14. The van der Waals surface area contributed by atoms with Crippen molar-refractivity contribution in [2.75, 3.05) is 39.6 Å². The summed E-state index contributed by atoms with van der Waals surface area (Å²) in [7, 11) is 0. The van der Waals surface area contributed by atoms with E-state index in [4.69, 9.17) is 19.1 Å². The molecule has 0 aromatic carbocycles. The van der Waals surface area contributed by atoms with Gasteiger partial charge in [0.15, 0.2) is 0 Å². The number of hydrogen-bond acceptors (Lipinski definition) is 14. The van der Waals surface area contributed by atoms with E-state index in [2.05, 4.69) is 0 Å². The van der Waals surface area contributed by atoms with Gasteiger partial charge in [0.25, 0.3) is 23.6 Å². The van der Waals surface area contributed by atoms with Crippen LogP contribution in [0.15, 0.2) is 0 Å². The van der Waals surface area contributed by atoms with E-state index in [0.717, 1.165) is 38.5 Å². The van der Waals surface area contributed by atoms with Gasteiger partial charge in [0.1, 0.15) is 11.6 Å². The number of nitrogens with zero attached hydrogens (tertiary/aromatic N) is 2. The molecule has 2 N–H and O–H groups in total. The Morgan fingerprint density at radius 2 is 0.843 bits per heavy atom. The predicted molar refractivity (Wildman–Crippen MR) is 176 cm³/mol. The van der Waals surface area contributed by atoms with Crippen molar-refractivity contribution >= 4 is 47.1 Å². The summed E-state index contributed by atoms with van der Waals surface area (Å²) in [4.78, 5) is 104. The van der Waals surface area contributed by atoms with Crippen LogP contribution in [0.2, 0.25) is 0 Å². The molecule has 2 saturated heterocycles. The Balaban J connectivity index is 1.60. The van der Waals surface area contributed by atoms with Gasteiger partial charge in [-0.15, -0.1) is 10.1 Å². The second-order valence-electron chi connectivity index (χ2n) is 13.0. The minimum absolute atomic E-state index is 0.0154. The predicted octanol–water partition coefficient (Wildman–Crippen LogP) is 2.58. The summed E-state index contributed by atoms with van der Waals surface area (Å²) in [5.41, 5.74) is -0.137. The Labute approximate surface area is 298 Å². The number of imide groups is 2. The van der Waals surface area contributed by atoms with Crippen molar-refractivity contribution in [3.05, 3.63) is 0 Å². The third-order valence-corrected chi connectivity index (χ3v) is 8.84. The number of hydroxylamine groups is 4. The summed E-state index contributed by atoms with van der Waals surface area (Å²) in [6.07, 6.45) is 6.83. The van der Waals surface area contributed by atoms with Gasteiger partial charge >= 0.3 is 11.9 Å². The highest BCUT2D eigenvalue weighted by atomic mass is 16.7. The van der Waals surface area contributed by atoms with E-state index < -0.39 is 35.6 Å². The number of amides is 4. The van der Waals surface area contributed by atoms with E-state index in [9.17, 15) is 48.6 Å². The molecule has 0 unspecified atom stereocenters. The number of ether oxygens (including phenoxy) is 2. The molecule has 0 spiro atoms. The molecule has 0 atom stereocenters. The smallest absolute Gasteiger partial charge is 0.333 e. The van der Waals surface area contributed by atoms with Crippen molar-refractivity contribution in [2.45, 2.75) is 128 Å². The number of hydrogen-bond donors (Lipinski definition) is 2. The second-order valence-corrected chi connectivity index (χ2v) is 13.0. The summed E-state index contributed by atoms with van der Waals surface area (Å²) in [5, 5.41) is 20.0. The summed E-state index contributed by atoms with van der Waals surface area (Å²) < 4.78 is 11.4. The van der Waals surface area contributed by atoms with Crippen LogP contribution in [0, 0.1) is 5.41 Å². The largest absolute Gasteiger partial charge is 0.396 e. The summed E-state index contributed by atoms with van der Waals surface area (Å²) in [6, 6.07) is 0. The number of carbonyl (C=O) groups excluding carboxylic acids is 8. The number of aliphatic hydroxyl groups is 2. The molecule has 51 heavy (non-hydrogen) atoms. The van der Waals surface area contributed by atoms with Crippen molar-refractivity contribution in [3.8, 4) is 0 Å². The average Bonchev–Trinajstić information content (AvgIpc) is 3.59. The fourth-order valence-corrected chi connectivity index (χ4v) is 6.05. The lowest BCUT2D eigenvalue weighted by Crippen LogP contribution is -2.32. The van der Waals surface area contributed by atoms with Gasteiger partial charge in [-0.1, -0.05) is 0 Å². The zero-order chi connectivity index (χ0) is 37.5. The first kappa shape index (κ1) is 43.6. The van der Waals surface area contributed by atoms with Crippen LogP contribution in [-0.2, 0) is 57.5 Å². The van der Waals surface area contributed by atoms with Crippen LogP contribution in [0.3, 0.4) is 0 Å². The van der Waals surface area contributed by atoms with Gasteiger partial charge in [-0.05, 0) is 69.6 Å². The monoisotopic (exact) mass is 726 g/mol. The van der Waals surface area contributed by atoms with Gasteiger partial charge in [0.05, 0.1) is 13.2 Å². The lowest BCUT2D eigenvalue weighted by molar-refractivity contribution is -0.197. The number of aliphatic hydroxyl groups excluding tert-OH is 2. The third-order valence-electron chi connectivity index (χ3n) is 8.84. The molecule has 4 amide bonds. The molecule has 16 heteroatoms. The maximum atomic E-state index is 12.2. The number of Topliss-reactive ketones (excluding diaryl/α,β-unsaturated/α-hetero) is 2. The fraction of sp³-hybridized carbons (Fsp3) is 0.771. The zero-order valence-corrected chi connectivity index (χ0v) is 29.6. The van der Waals surface area contributed by atoms with Crippen molar-refractivity contribution in [1.29, 1.82) is 0 Å². The molecule has 0 radical (unpaired) electrons. The molecule has 2 heterocycles. The summed E-state index contributed by atoms with van der Waals surface area (Å²) >= 11 is 0. The van der Waals surface area contributed by atoms with Gasteiger partial charge in [0, 0.05) is 90.6 Å². The SMILES string of the molecule is O=C(CCCC(=O)ON1C(=O)CCC1=O)CCOCCCC(CCCO)(CCCO)CCCOCCC(=O)CCCC(=O)ON1C(=O)CCC1=O. The van der Waals surface area contributed by atoms with Crippen LogP contribution in [0.5, 0.6) is 0 Å². The Morgan fingerprint density at radius 3 is 1.20 bits per heavy atom. The van der Waals surface area contributed by atoms with Gasteiger partial charge < -0.3 is 29.4 Å². The van der Waals surface area contributed by atoms with Crippen molar-refractivity contribution < 1.29 is 67.7 Å². The van der Waals surface area contributed by atoms with Gasteiger partial charge in [-0.25, -0.2) is 9.59 Å². The molecule has 288 valence electrons. The minimum atomic E-state index is -0.737. The minimum Gasteiger partial charge on any atom is -0.396 e. The molecule has 2 aliphatic heterocycles. The van der Waals surface area contributed by atoms with Gasteiger partial charge in [-0.2, -0.15) is 0 Å². The molecule has 0 aromatic rings. The maximum absolute atomic E-state index is 12.2. The first-order valence-electron chi connectivity index (χ1n) is 18.0. The quantitative estimate of drug-likeness (QED) is 0.0803. The van der Waals surface area contributed by atoms with Crippen LogP contribution in [-0.4, -0.2) is 107 Å². The van der Waals surface area contributed by atoms with E-state index in [1.54, 1.807) is 0 Å². The van der Waals surface area contributed by atoms with E-state index in [-0.39, 0.29) is 120 Å².